The van der Waals surface area contributed by atoms with Gasteiger partial charge < -0.3 is 24.6 Å². The van der Waals surface area contributed by atoms with Gasteiger partial charge in [-0.05, 0) is 6.42 Å². The van der Waals surface area contributed by atoms with Gasteiger partial charge in [0.15, 0.2) is 11.3 Å². The summed E-state index contributed by atoms with van der Waals surface area (Å²) in [5.41, 5.74) is -0.786. The molecular formula is C13H21F3N2O4S. The highest BCUT2D eigenvalue weighted by Crippen LogP contribution is 2.40. The van der Waals surface area contributed by atoms with Gasteiger partial charge in [0, 0.05) is 20.7 Å². The quantitative estimate of drug-likeness (QED) is 0.775. The van der Waals surface area contributed by atoms with E-state index >= 15 is 0 Å². The highest BCUT2D eigenvalue weighted by atomic mass is 32.2. The summed E-state index contributed by atoms with van der Waals surface area (Å²) in [6.45, 7) is 1.56. The minimum atomic E-state index is -4.71. The molecule has 0 aromatic heterocycles. The SMILES string of the molecule is CCCO[C@@H](C1O[C@@H]2SC(N(C)C)=N[C@@H]2[C@@H](O)[C@@H]1O)C(F)(F)F. The molecule has 0 saturated carbocycles. The number of thioether (sulfide) groups is 1. The molecular weight excluding hydrogens is 337 g/mol. The number of hydrogen-bond donors (Lipinski definition) is 2. The monoisotopic (exact) mass is 358 g/mol. The van der Waals surface area contributed by atoms with Crippen LogP contribution in [0.15, 0.2) is 4.99 Å². The van der Waals surface area contributed by atoms with Crippen molar-refractivity contribution in [3.63, 3.8) is 0 Å². The number of aliphatic imine (C=N–C) groups is 1. The van der Waals surface area contributed by atoms with Gasteiger partial charge in [0.25, 0.3) is 0 Å². The fraction of sp³-hybridized carbons (Fsp3) is 0.923. The Balaban J connectivity index is 2.18. The summed E-state index contributed by atoms with van der Waals surface area (Å²) in [4.78, 5) is 5.88. The zero-order valence-corrected chi connectivity index (χ0v) is 13.8. The van der Waals surface area contributed by atoms with Gasteiger partial charge in [-0.1, -0.05) is 18.7 Å². The number of rotatable bonds is 4. The lowest BCUT2D eigenvalue weighted by atomic mass is 9.94. The standard InChI is InChI=1S/C13H21F3N2O4S/c1-4-5-21-10(13(14,15)16)9-8(20)7(19)6-11(22-9)23-12(17-6)18(2)3/h6-11,19-20H,4-5H2,1-3H3/t6-,7-,8+,9?,10+,11-/m1/s1. The fourth-order valence-corrected chi connectivity index (χ4v) is 3.61. The molecule has 1 saturated heterocycles. The van der Waals surface area contributed by atoms with Gasteiger partial charge >= 0.3 is 6.18 Å². The summed E-state index contributed by atoms with van der Waals surface area (Å²) in [7, 11) is 3.46. The number of alkyl halides is 3. The average Bonchev–Trinajstić information content (AvgIpc) is 2.87. The molecule has 10 heteroatoms. The number of nitrogens with zero attached hydrogens (tertiary/aromatic N) is 2. The van der Waals surface area contributed by atoms with Gasteiger partial charge in [-0.2, -0.15) is 13.2 Å². The van der Waals surface area contributed by atoms with E-state index in [0.29, 0.717) is 11.6 Å². The van der Waals surface area contributed by atoms with Crippen molar-refractivity contribution in [1.82, 2.24) is 4.90 Å². The van der Waals surface area contributed by atoms with Gasteiger partial charge in [-0.15, -0.1) is 0 Å². The molecule has 23 heavy (non-hydrogen) atoms. The Morgan fingerprint density at radius 3 is 2.52 bits per heavy atom. The first-order chi connectivity index (χ1) is 10.7. The number of aliphatic hydroxyl groups is 2. The zero-order valence-electron chi connectivity index (χ0n) is 13.0. The van der Waals surface area contributed by atoms with Crippen LogP contribution in [0.1, 0.15) is 13.3 Å². The Kier molecular flexibility index (Phi) is 5.83. The Hall–Kier alpha value is -0.550. The molecule has 0 aromatic carbocycles. The molecule has 2 rings (SSSR count). The first-order valence-electron chi connectivity index (χ1n) is 7.28. The highest BCUT2D eigenvalue weighted by molar-refractivity contribution is 8.14. The number of aliphatic hydroxyl groups excluding tert-OH is 2. The fourth-order valence-electron chi connectivity index (χ4n) is 2.46. The molecule has 1 fully saturated rings. The Bertz CT molecular complexity index is 449. The third-order valence-corrected chi connectivity index (χ3v) is 4.90. The van der Waals surface area contributed by atoms with Crippen molar-refractivity contribution >= 4 is 16.9 Å². The van der Waals surface area contributed by atoms with Crippen LogP contribution in [0, 0.1) is 0 Å². The lowest BCUT2D eigenvalue weighted by Gasteiger charge is -2.41. The molecule has 0 amide bonds. The van der Waals surface area contributed by atoms with Crippen LogP contribution in [0.25, 0.3) is 0 Å². The highest BCUT2D eigenvalue weighted by Gasteiger charge is 2.57. The minimum Gasteiger partial charge on any atom is -0.388 e. The van der Waals surface area contributed by atoms with Crippen molar-refractivity contribution in [3.05, 3.63) is 0 Å². The van der Waals surface area contributed by atoms with E-state index in [4.69, 9.17) is 9.47 Å². The molecule has 0 aromatic rings. The maximum atomic E-state index is 13.2. The number of halogens is 3. The van der Waals surface area contributed by atoms with Crippen LogP contribution in [0.4, 0.5) is 13.2 Å². The Morgan fingerprint density at radius 1 is 1.35 bits per heavy atom. The van der Waals surface area contributed by atoms with Crippen LogP contribution in [0.5, 0.6) is 0 Å². The van der Waals surface area contributed by atoms with E-state index in [1.807, 2.05) is 0 Å². The topological polar surface area (TPSA) is 74.5 Å². The van der Waals surface area contributed by atoms with Crippen molar-refractivity contribution in [3.8, 4) is 0 Å². The molecule has 6 nitrogen and oxygen atoms in total. The molecule has 0 aliphatic carbocycles. The second-order valence-electron chi connectivity index (χ2n) is 5.70. The van der Waals surface area contributed by atoms with Gasteiger partial charge in [-0.25, -0.2) is 0 Å². The zero-order chi connectivity index (χ0) is 17.4. The molecule has 1 unspecified atom stereocenters. The summed E-state index contributed by atoms with van der Waals surface area (Å²) in [6, 6.07) is -0.802. The van der Waals surface area contributed by atoms with E-state index in [1.165, 1.54) is 0 Å². The van der Waals surface area contributed by atoms with E-state index < -0.39 is 42.1 Å². The van der Waals surface area contributed by atoms with Crippen LogP contribution >= 0.6 is 11.8 Å². The largest absolute Gasteiger partial charge is 0.417 e. The first-order valence-corrected chi connectivity index (χ1v) is 8.16. The second-order valence-corrected chi connectivity index (χ2v) is 6.76. The van der Waals surface area contributed by atoms with E-state index in [2.05, 4.69) is 4.99 Å². The number of fused-ring (bicyclic) bond motifs is 1. The van der Waals surface area contributed by atoms with Gasteiger partial charge in [-0.3, -0.25) is 4.99 Å². The number of amidine groups is 1. The smallest absolute Gasteiger partial charge is 0.388 e. The number of ether oxygens (including phenoxy) is 2. The van der Waals surface area contributed by atoms with Crippen LogP contribution in [0.2, 0.25) is 0 Å². The van der Waals surface area contributed by atoms with Gasteiger partial charge in [0.05, 0.1) is 0 Å². The van der Waals surface area contributed by atoms with Crippen LogP contribution in [-0.2, 0) is 9.47 Å². The van der Waals surface area contributed by atoms with Crippen molar-refractivity contribution in [2.45, 2.75) is 55.4 Å². The average molecular weight is 358 g/mol. The Labute approximate surface area is 136 Å². The summed E-state index contributed by atoms with van der Waals surface area (Å²) in [5, 5.41) is 20.8. The second kappa shape index (κ2) is 7.14. The molecule has 134 valence electrons. The predicted octanol–water partition coefficient (Wildman–Crippen LogP) is 0.824. The van der Waals surface area contributed by atoms with E-state index in [0.717, 1.165) is 11.8 Å². The van der Waals surface area contributed by atoms with E-state index in [9.17, 15) is 23.4 Å². The van der Waals surface area contributed by atoms with Crippen LogP contribution in [0.3, 0.4) is 0 Å². The third-order valence-electron chi connectivity index (χ3n) is 3.59. The molecule has 0 spiro atoms. The summed E-state index contributed by atoms with van der Waals surface area (Å²) >= 11 is 1.12. The first kappa shape index (κ1) is 18.8. The molecule has 0 radical (unpaired) electrons. The van der Waals surface area contributed by atoms with Crippen molar-refractivity contribution < 1.29 is 32.9 Å². The lowest BCUT2D eigenvalue weighted by molar-refractivity contribution is -0.284. The molecule has 0 bridgehead atoms. The predicted molar refractivity (Wildman–Crippen MR) is 79.3 cm³/mol. The van der Waals surface area contributed by atoms with E-state index in [1.54, 1.807) is 25.9 Å². The van der Waals surface area contributed by atoms with Crippen LogP contribution in [-0.4, -0.2) is 83.1 Å². The van der Waals surface area contributed by atoms with Gasteiger partial charge in [0.2, 0.25) is 0 Å². The Morgan fingerprint density at radius 2 is 2.00 bits per heavy atom. The molecule has 2 aliphatic heterocycles. The summed E-state index contributed by atoms with van der Waals surface area (Å²) in [6.07, 6.45) is -11.5. The van der Waals surface area contributed by atoms with Gasteiger partial charge in [0.1, 0.15) is 29.8 Å². The summed E-state index contributed by atoms with van der Waals surface area (Å²) in [5.74, 6) is 0. The minimum absolute atomic E-state index is 0.118. The summed E-state index contributed by atoms with van der Waals surface area (Å²) < 4.78 is 50.0. The molecule has 6 atom stereocenters. The van der Waals surface area contributed by atoms with Crippen molar-refractivity contribution in [1.29, 1.82) is 0 Å². The van der Waals surface area contributed by atoms with Crippen LogP contribution < -0.4 is 0 Å². The van der Waals surface area contributed by atoms with E-state index in [-0.39, 0.29) is 6.61 Å². The van der Waals surface area contributed by atoms with Crippen molar-refractivity contribution in [2.75, 3.05) is 20.7 Å². The molecule has 2 N–H and O–H groups in total. The molecule has 2 heterocycles. The normalized spacial score (nSPS) is 35.7. The number of hydrogen-bond acceptors (Lipinski definition) is 7. The maximum absolute atomic E-state index is 13.2. The lowest BCUT2D eigenvalue weighted by Crippen LogP contribution is -2.61. The maximum Gasteiger partial charge on any atom is 0.417 e. The third kappa shape index (κ3) is 3.93. The van der Waals surface area contributed by atoms with Crippen molar-refractivity contribution in [2.24, 2.45) is 4.99 Å². The molecule has 2 aliphatic rings.